The van der Waals surface area contributed by atoms with E-state index in [-0.39, 0.29) is 0 Å². The largest absolute Gasteiger partial charge is 0.464 e. The Balaban J connectivity index is 1.96. The second kappa shape index (κ2) is 5.39. The van der Waals surface area contributed by atoms with Gasteiger partial charge in [-0.15, -0.1) is 11.8 Å². The molecular formula is C14H15NO. The van der Waals surface area contributed by atoms with Crippen molar-refractivity contribution >= 4 is 11.0 Å². The molecule has 0 bridgehead atoms. The van der Waals surface area contributed by atoms with E-state index in [1.807, 2.05) is 31.4 Å². The SMILES string of the molecule is CC#CCCNCc1coc2ccccc12. The first-order valence-corrected chi connectivity index (χ1v) is 5.47. The molecule has 0 aliphatic rings. The standard InChI is InChI=1S/C14H15NO/c1-2-3-6-9-15-10-12-11-16-14-8-5-4-7-13(12)14/h4-5,7-8,11,15H,6,9-10H2,1H3. The van der Waals surface area contributed by atoms with Crippen molar-refractivity contribution in [3.05, 3.63) is 36.1 Å². The highest BCUT2D eigenvalue weighted by molar-refractivity contribution is 5.80. The van der Waals surface area contributed by atoms with Gasteiger partial charge in [-0.3, -0.25) is 0 Å². The molecule has 0 saturated carbocycles. The first kappa shape index (κ1) is 10.8. The molecular weight excluding hydrogens is 198 g/mol. The number of furan rings is 1. The summed E-state index contributed by atoms with van der Waals surface area (Å²) < 4.78 is 5.46. The molecule has 0 unspecified atom stereocenters. The highest BCUT2D eigenvalue weighted by Crippen LogP contribution is 2.20. The van der Waals surface area contributed by atoms with Crippen LogP contribution in [0.4, 0.5) is 0 Å². The maximum atomic E-state index is 5.46. The Morgan fingerprint density at radius 2 is 2.19 bits per heavy atom. The Bertz CT molecular complexity index is 516. The quantitative estimate of drug-likeness (QED) is 0.624. The van der Waals surface area contributed by atoms with E-state index >= 15 is 0 Å². The van der Waals surface area contributed by atoms with Crippen molar-refractivity contribution in [3.8, 4) is 11.8 Å². The average Bonchev–Trinajstić information content (AvgIpc) is 2.73. The van der Waals surface area contributed by atoms with E-state index < -0.39 is 0 Å². The molecule has 1 N–H and O–H groups in total. The van der Waals surface area contributed by atoms with E-state index in [0.717, 1.165) is 25.1 Å². The van der Waals surface area contributed by atoms with Gasteiger partial charge in [-0.05, 0) is 13.0 Å². The Morgan fingerprint density at radius 3 is 3.06 bits per heavy atom. The highest BCUT2D eigenvalue weighted by atomic mass is 16.3. The predicted molar refractivity (Wildman–Crippen MR) is 66.0 cm³/mol. The van der Waals surface area contributed by atoms with E-state index in [1.54, 1.807) is 0 Å². The number of hydrogen-bond acceptors (Lipinski definition) is 2. The van der Waals surface area contributed by atoms with Crippen molar-refractivity contribution < 1.29 is 4.42 Å². The molecule has 0 spiro atoms. The molecule has 0 amide bonds. The van der Waals surface area contributed by atoms with Crippen LogP contribution in [0, 0.1) is 11.8 Å². The molecule has 2 nitrogen and oxygen atoms in total. The van der Waals surface area contributed by atoms with E-state index in [0.29, 0.717) is 0 Å². The van der Waals surface area contributed by atoms with Crippen molar-refractivity contribution in [2.45, 2.75) is 19.9 Å². The lowest BCUT2D eigenvalue weighted by Gasteiger charge is -1.99. The van der Waals surface area contributed by atoms with Crippen molar-refractivity contribution in [2.75, 3.05) is 6.54 Å². The zero-order valence-electron chi connectivity index (χ0n) is 9.42. The van der Waals surface area contributed by atoms with Crippen LogP contribution in [0.15, 0.2) is 34.9 Å². The van der Waals surface area contributed by atoms with Gasteiger partial charge in [-0.1, -0.05) is 18.2 Å². The monoisotopic (exact) mass is 213 g/mol. The van der Waals surface area contributed by atoms with E-state index in [1.165, 1.54) is 10.9 Å². The van der Waals surface area contributed by atoms with Gasteiger partial charge < -0.3 is 9.73 Å². The van der Waals surface area contributed by atoms with Gasteiger partial charge in [0.15, 0.2) is 0 Å². The van der Waals surface area contributed by atoms with E-state index in [4.69, 9.17) is 4.42 Å². The second-order valence-corrected chi connectivity index (χ2v) is 3.61. The summed E-state index contributed by atoms with van der Waals surface area (Å²) in [4.78, 5) is 0. The van der Waals surface area contributed by atoms with E-state index in [9.17, 15) is 0 Å². The lowest BCUT2D eigenvalue weighted by atomic mass is 10.2. The minimum Gasteiger partial charge on any atom is -0.464 e. The summed E-state index contributed by atoms with van der Waals surface area (Å²) >= 11 is 0. The van der Waals surface area contributed by atoms with Crippen LogP contribution in [-0.4, -0.2) is 6.54 Å². The van der Waals surface area contributed by atoms with Crippen LogP contribution in [0.3, 0.4) is 0 Å². The fourth-order valence-corrected chi connectivity index (χ4v) is 1.67. The Kier molecular flexibility index (Phi) is 3.63. The smallest absolute Gasteiger partial charge is 0.134 e. The van der Waals surface area contributed by atoms with Crippen LogP contribution in [0.2, 0.25) is 0 Å². The lowest BCUT2D eigenvalue weighted by Crippen LogP contribution is -2.13. The van der Waals surface area contributed by atoms with Crippen molar-refractivity contribution in [1.29, 1.82) is 0 Å². The molecule has 0 radical (unpaired) electrons. The van der Waals surface area contributed by atoms with Crippen molar-refractivity contribution in [2.24, 2.45) is 0 Å². The molecule has 0 aliphatic heterocycles. The van der Waals surface area contributed by atoms with Gasteiger partial charge in [0.25, 0.3) is 0 Å². The number of para-hydroxylation sites is 1. The van der Waals surface area contributed by atoms with Crippen molar-refractivity contribution in [3.63, 3.8) is 0 Å². The van der Waals surface area contributed by atoms with Gasteiger partial charge in [0.1, 0.15) is 5.58 Å². The van der Waals surface area contributed by atoms with Crippen LogP contribution < -0.4 is 5.32 Å². The maximum absolute atomic E-state index is 5.46. The minimum atomic E-state index is 0.836. The number of rotatable bonds is 4. The fraction of sp³-hybridized carbons (Fsp3) is 0.286. The Hall–Kier alpha value is -1.72. The van der Waals surface area contributed by atoms with Gasteiger partial charge in [-0.25, -0.2) is 0 Å². The van der Waals surface area contributed by atoms with Crippen LogP contribution in [0.5, 0.6) is 0 Å². The number of nitrogens with one attached hydrogen (secondary N) is 1. The number of fused-ring (bicyclic) bond motifs is 1. The molecule has 0 aliphatic carbocycles. The molecule has 82 valence electrons. The normalized spacial score (nSPS) is 10.1. The van der Waals surface area contributed by atoms with Gasteiger partial charge in [0.05, 0.1) is 6.26 Å². The third-order valence-corrected chi connectivity index (χ3v) is 2.48. The molecule has 0 saturated heterocycles. The van der Waals surface area contributed by atoms with Crippen LogP contribution >= 0.6 is 0 Å². The topological polar surface area (TPSA) is 25.2 Å². The number of hydrogen-bond donors (Lipinski definition) is 1. The molecule has 0 atom stereocenters. The highest BCUT2D eigenvalue weighted by Gasteiger charge is 2.03. The number of benzene rings is 1. The van der Waals surface area contributed by atoms with Gasteiger partial charge in [-0.2, -0.15) is 0 Å². The Labute approximate surface area is 95.6 Å². The van der Waals surface area contributed by atoms with Crippen molar-refractivity contribution in [1.82, 2.24) is 5.32 Å². The summed E-state index contributed by atoms with van der Waals surface area (Å²) in [6, 6.07) is 8.09. The predicted octanol–water partition coefficient (Wildman–Crippen LogP) is 2.94. The molecule has 1 aromatic heterocycles. The molecule has 1 heterocycles. The third-order valence-electron chi connectivity index (χ3n) is 2.48. The summed E-state index contributed by atoms with van der Waals surface area (Å²) in [5, 5.41) is 4.54. The molecule has 1 aromatic carbocycles. The molecule has 2 rings (SSSR count). The summed E-state index contributed by atoms with van der Waals surface area (Å²) in [5.74, 6) is 5.91. The molecule has 2 heteroatoms. The second-order valence-electron chi connectivity index (χ2n) is 3.61. The maximum Gasteiger partial charge on any atom is 0.134 e. The zero-order valence-corrected chi connectivity index (χ0v) is 9.42. The minimum absolute atomic E-state index is 0.836. The first-order valence-electron chi connectivity index (χ1n) is 5.47. The van der Waals surface area contributed by atoms with E-state index in [2.05, 4.69) is 23.2 Å². The van der Waals surface area contributed by atoms with Crippen LogP contribution in [0.25, 0.3) is 11.0 Å². The zero-order chi connectivity index (χ0) is 11.2. The first-order chi connectivity index (χ1) is 7.92. The fourth-order valence-electron chi connectivity index (χ4n) is 1.67. The summed E-state index contributed by atoms with van der Waals surface area (Å²) in [5.41, 5.74) is 2.16. The average molecular weight is 213 g/mol. The summed E-state index contributed by atoms with van der Waals surface area (Å²) in [7, 11) is 0. The van der Waals surface area contributed by atoms with Gasteiger partial charge in [0.2, 0.25) is 0 Å². The lowest BCUT2D eigenvalue weighted by molar-refractivity contribution is 0.603. The Morgan fingerprint density at radius 1 is 1.31 bits per heavy atom. The summed E-state index contributed by atoms with van der Waals surface area (Å²) in [6.45, 7) is 3.62. The third kappa shape index (κ3) is 2.44. The van der Waals surface area contributed by atoms with Crippen LogP contribution in [0.1, 0.15) is 18.9 Å². The molecule has 0 fully saturated rings. The molecule has 2 aromatic rings. The van der Waals surface area contributed by atoms with Gasteiger partial charge >= 0.3 is 0 Å². The van der Waals surface area contributed by atoms with Gasteiger partial charge in [0, 0.05) is 30.5 Å². The molecule has 16 heavy (non-hydrogen) atoms. The summed E-state index contributed by atoms with van der Waals surface area (Å²) in [6.07, 6.45) is 2.72. The van der Waals surface area contributed by atoms with Crippen LogP contribution in [-0.2, 0) is 6.54 Å².